The molecule has 1 fully saturated rings. The van der Waals surface area contributed by atoms with Crippen LogP contribution in [0.15, 0.2) is 73.3 Å². The van der Waals surface area contributed by atoms with Gasteiger partial charge in [0, 0.05) is 43.8 Å². The first-order valence-electron chi connectivity index (χ1n) is 10.6. The van der Waals surface area contributed by atoms with Gasteiger partial charge < -0.3 is 15.0 Å². The van der Waals surface area contributed by atoms with E-state index >= 15 is 0 Å². The molecule has 1 saturated heterocycles. The van der Waals surface area contributed by atoms with Crippen molar-refractivity contribution >= 4 is 17.9 Å². The first-order valence-corrected chi connectivity index (χ1v) is 10.6. The zero-order chi connectivity index (χ0) is 23.0. The molecule has 8 heteroatoms. The average molecular weight is 446 g/mol. The number of ether oxygens (including phenoxy) is 1. The normalized spacial score (nSPS) is 14.3. The van der Waals surface area contributed by atoms with Gasteiger partial charge in [-0.2, -0.15) is 0 Å². The van der Waals surface area contributed by atoms with Gasteiger partial charge in [0.1, 0.15) is 5.75 Å². The van der Waals surface area contributed by atoms with Crippen molar-refractivity contribution in [1.82, 2.24) is 20.2 Å². The van der Waals surface area contributed by atoms with Crippen LogP contribution in [0.3, 0.4) is 0 Å². The Morgan fingerprint density at radius 2 is 1.82 bits per heavy atom. The highest BCUT2D eigenvalue weighted by molar-refractivity contribution is 5.94. The predicted octanol–water partition coefficient (Wildman–Crippen LogP) is 3.84. The fourth-order valence-corrected chi connectivity index (χ4v) is 3.52. The van der Waals surface area contributed by atoms with Gasteiger partial charge in [-0.05, 0) is 60.9 Å². The van der Waals surface area contributed by atoms with E-state index in [1.165, 1.54) is 30.6 Å². The lowest BCUT2D eigenvalue weighted by Crippen LogP contribution is -2.46. The molecule has 7 nitrogen and oxygen atoms in total. The van der Waals surface area contributed by atoms with Gasteiger partial charge in [-0.1, -0.05) is 6.07 Å². The molecule has 1 aliphatic rings. The number of likely N-dealkylation sites (tertiary alicyclic amines) is 1. The Hall–Kier alpha value is -4.07. The zero-order valence-corrected chi connectivity index (χ0v) is 17.9. The largest absolute Gasteiger partial charge is 0.453 e. The Labute approximate surface area is 190 Å². The molecule has 0 radical (unpaired) electrons. The fourth-order valence-electron chi connectivity index (χ4n) is 3.52. The minimum atomic E-state index is -0.529. The van der Waals surface area contributed by atoms with Gasteiger partial charge in [0.2, 0.25) is 5.91 Å². The van der Waals surface area contributed by atoms with Crippen LogP contribution in [0.1, 0.15) is 28.8 Å². The predicted molar refractivity (Wildman–Crippen MR) is 121 cm³/mol. The highest BCUT2D eigenvalue weighted by Crippen LogP contribution is 2.25. The Bertz CT molecular complexity index is 1130. The average Bonchev–Trinajstić information content (AvgIpc) is 2.85. The quantitative estimate of drug-likeness (QED) is 0.582. The van der Waals surface area contributed by atoms with Crippen LogP contribution in [0.25, 0.3) is 6.08 Å². The van der Waals surface area contributed by atoms with Crippen molar-refractivity contribution in [2.45, 2.75) is 18.9 Å². The standard InChI is InChI=1S/C25H23FN4O3/c26-22-15-18(5-7-23(22)33-21-4-2-12-28-17-21)6-8-24(31)30-13-9-20(10-14-30)29-25(32)19-3-1-11-27-16-19/h1-8,11-12,15-17,20H,9-10,13-14H2,(H,29,32)/b8-6+. The van der Waals surface area contributed by atoms with Gasteiger partial charge in [0.05, 0.1) is 11.8 Å². The molecule has 0 bridgehead atoms. The maximum Gasteiger partial charge on any atom is 0.253 e. The van der Waals surface area contributed by atoms with Crippen LogP contribution in [-0.4, -0.2) is 45.8 Å². The molecule has 0 spiro atoms. The molecule has 2 amide bonds. The van der Waals surface area contributed by atoms with Crippen LogP contribution in [0, 0.1) is 5.82 Å². The maximum atomic E-state index is 14.4. The van der Waals surface area contributed by atoms with Crippen molar-refractivity contribution in [3.63, 3.8) is 0 Å². The number of nitrogens with one attached hydrogen (secondary N) is 1. The van der Waals surface area contributed by atoms with Gasteiger partial charge >= 0.3 is 0 Å². The van der Waals surface area contributed by atoms with Crippen molar-refractivity contribution < 1.29 is 18.7 Å². The number of pyridine rings is 2. The topological polar surface area (TPSA) is 84.4 Å². The third-order valence-corrected chi connectivity index (χ3v) is 5.30. The third-order valence-electron chi connectivity index (χ3n) is 5.30. The second kappa shape index (κ2) is 10.5. The lowest BCUT2D eigenvalue weighted by Gasteiger charge is -2.31. The molecular weight excluding hydrogens is 423 g/mol. The maximum absolute atomic E-state index is 14.4. The van der Waals surface area contributed by atoms with Crippen LogP contribution in [0.4, 0.5) is 4.39 Å². The molecule has 3 heterocycles. The summed E-state index contributed by atoms with van der Waals surface area (Å²) in [6.07, 6.45) is 10.6. The van der Waals surface area contributed by atoms with Gasteiger partial charge in [-0.25, -0.2) is 4.39 Å². The van der Waals surface area contributed by atoms with Gasteiger partial charge in [-0.3, -0.25) is 19.6 Å². The summed E-state index contributed by atoms with van der Waals surface area (Å²) in [6.45, 7) is 1.07. The lowest BCUT2D eigenvalue weighted by molar-refractivity contribution is -0.127. The molecule has 4 rings (SSSR count). The Morgan fingerprint density at radius 3 is 2.48 bits per heavy atom. The van der Waals surface area contributed by atoms with Gasteiger partial charge in [-0.15, -0.1) is 0 Å². The number of rotatable bonds is 6. The van der Waals surface area contributed by atoms with Gasteiger partial charge in [0.25, 0.3) is 5.91 Å². The minimum absolute atomic E-state index is 0.00666. The fraction of sp³-hybridized carbons (Fsp3) is 0.200. The molecule has 1 aromatic carbocycles. The van der Waals surface area contributed by atoms with Crippen LogP contribution in [0.5, 0.6) is 11.5 Å². The number of hydrogen-bond donors (Lipinski definition) is 1. The van der Waals surface area contributed by atoms with Crippen LogP contribution in [0.2, 0.25) is 0 Å². The molecule has 1 aliphatic heterocycles. The highest BCUT2D eigenvalue weighted by Gasteiger charge is 2.23. The molecule has 0 aliphatic carbocycles. The molecule has 0 atom stereocenters. The summed E-state index contributed by atoms with van der Waals surface area (Å²) in [5.74, 6) is -0.315. The summed E-state index contributed by atoms with van der Waals surface area (Å²) in [5.41, 5.74) is 1.07. The SMILES string of the molecule is O=C(NC1CCN(C(=O)/C=C/c2ccc(Oc3cccnc3)c(F)c2)CC1)c1cccnc1. The number of carbonyl (C=O) groups is 2. The van der Waals surface area contributed by atoms with E-state index in [4.69, 9.17) is 4.74 Å². The molecule has 1 N–H and O–H groups in total. The minimum Gasteiger partial charge on any atom is -0.453 e. The molecule has 0 unspecified atom stereocenters. The number of amides is 2. The molecule has 33 heavy (non-hydrogen) atoms. The molecule has 0 saturated carbocycles. The molecule has 3 aromatic rings. The van der Waals surface area contributed by atoms with E-state index in [1.54, 1.807) is 53.7 Å². The van der Waals surface area contributed by atoms with E-state index in [2.05, 4.69) is 15.3 Å². The van der Waals surface area contributed by atoms with Crippen LogP contribution in [-0.2, 0) is 4.79 Å². The number of hydrogen-bond acceptors (Lipinski definition) is 5. The summed E-state index contributed by atoms with van der Waals surface area (Å²) in [6, 6.07) is 11.3. The summed E-state index contributed by atoms with van der Waals surface area (Å²) in [7, 11) is 0. The third kappa shape index (κ3) is 6.00. The van der Waals surface area contributed by atoms with E-state index in [1.807, 2.05) is 0 Å². The van der Waals surface area contributed by atoms with Crippen LogP contribution >= 0.6 is 0 Å². The van der Waals surface area contributed by atoms with Crippen molar-refractivity contribution in [3.8, 4) is 11.5 Å². The number of benzene rings is 1. The van der Waals surface area contributed by atoms with E-state index < -0.39 is 5.82 Å². The first-order chi connectivity index (χ1) is 16.1. The summed E-state index contributed by atoms with van der Waals surface area (Å²) in [4.78, 5) is 34.4. The highest BCUT2D eigenvalue weighted by atomic mass is 19.1. The number of aromatic nitrogens is 2. The van der Waals surface area contributed by atoms with Crippen LogP contribution < -0.4 is 10.1 Å². The van der Waals surface area contributed by atoms with E-state index in [-0.39, 0.29) is 23.6 Å². The van der Waals surface area contributed by atoms with E-state index in [0.717, 1.165) is 0 Å². The van der Waals surface area contributed by atoms with Crippen molar-refractivity contribution in [1.29, 1.82) is 0 Å². The summed E-state index contributed by atoms with van der Waals surface area (Å²) in [5, 5.41) is 2.99. The second-order valence-corrected chi connectivity index (χ2v) is 7.63. The number of halogens is 1. The number of piperidine rings is 1. The van der Waals surface area contributed by atoms with E-state index in [0.29, 0.717) is 42.8 Å². The summed E-state index contributed by atoms with van der Waals surface area (Å²) < 4.78 is 19.9. The molecular formula is C25H23FN4O3. The van der Waals surface area contributed by atoms with Crippen molar-refractivity contribution in [2.75, 3.05) is 13.1 Å². The monoisotopic (exact) mass is 446 g/mol. The number of carbonyl (C=O) groups excluding carboxylic acids is 2. The Morgan fingerprint density at radius 1 is 1.06 bits per heavy atom. The van der Waals surface area contributed by atoms with Gasteiger partial charge in [0.15, 0.2) is 11.6 Å². The summed E-state index contributed by atoms with van der Waals surface area (Å²) >= 11 is 0. The Kier molecular flexibility index (Phi) is 7.04. The zero-order valence-electron chi connectivity index (χ0n) is 17.9. The van der Waals surface area contributed by atoms with Crippen molar-refractivity contribution in [2.24, 2.45) is 0 Å². The first kappa shape index (κ1) is 22.1. The smallest absolute Gasteiger partial charge is 0.253 e. The Balaban J connectivity index is 1.27. The molecule has 2 aromatic heterocycles. The molecule has 168 valence electrons. The second-order valence-electron chi connectivity index (χ2n) is 7.63. The number of nitrogens with zero attached hydrogens (tertiary/aromatic N) is 3. The van der Waals surface area contributed by atoms with Crippen molar-refractivity contribution in [3.05, 3.63) is 90.3 Å². The van der Waals surface area contributed by atoms with E-state index in [9.17, 15) is 14.0 Å². The lowest BCUT2D eigenvalue weighted by atomic mass is 10.0.